The van der Waals surface area contributed by atoms with Gasteiger partial charge in [-0.2, -0.15) is 0 Å². The standard InChI is InChI=1S/C15H19FN2O3/c16-13-6-4-11(9-12(13)15(20)21)18-14(19)7-5-10-3-1-2-8-17-10/h4,6,9-10,17H,1-3,5,7-8H2,(H,18,19)(H,20,21). The Hall–Kier alpha value is -1.95. The molecular weight excluding hydrogens is 275 g/mol. The maximum absolute atomic E-state index is 13.2. The number of hydrogen-bond donors (Lipinski definition) is 3. The van der Waals surface area contributed by atoms with E-state index in [2.05, 4.69) is 10.6 Å². The minimum Gasteiger partial charge on any atom is -0.478 e. The van der Waals surface area contributed by atoms with Crippen LogP contribution in [0.25, 0.3) is 0 Å². The number of aromatic carboxylic acids is 1. The van der Waals surface area contributed by atoms with Gasteiger partial charge in [-0.3, -0.25) is 4.79 Å². The number of carbonyl (C=O) groups excluding carboxylic acids is 1. The van der Waals surface area contributed by atoms with Crippen LogP contribution in [-0.4, -0.2) is 29.6 Å². The summed E-state index contributed by atoms with van der Waals surface area (Å²) >= 11 is 0. The van der Waals surface area contributed by atoms with Gasteiger partial charge in [0.25, 0.3) is 0 Å². The number of hydrogen-bond acceptors (Lipinski definition) is 3. The van der Waals surface area contributed by atoms with E-state index in [9.17, 15) is 14.0 Å². The SMILES string of the molecule is O=C(CCC1CCCCN1)Nc1ccc(F)c(C(=O)O)c1. The summed E-state index contributed by atoms with van der Waals surface area (Å²) in [5, 5.41) is 14.8. The van der Waals surface area contributed by atoms with Crippen molar-refractivity contribution in [3.05, 3.63) is 29.6 Å². The predicted octanol–water partition coefficient (Wildman–Crippen LogP) is 2.38. The van der Waals surface area contributed by atoms with Crippen LogP contribution >= 0.6 is 0 Å². The highest BCUT2D eigenvalue weighted by atomic mass is 19.1. The third-order valence-electron chi connectivity index (χ3n) is 3.61. The molecule has 0 spiro atoms. The zero-order chi connectivity index (χ0) is 15.2. The number of rotatable bonds is 5. The highest BCUT2D eigenvalue weighted by Gasteiger charge is 2.15. The maximum atomic E-state index is 13.2. The molecule has 5 nitrogen and oxygen atoms in total. The summed E-state index contributed by atoms with van der Waals surface area (Å²) in [4.78, 5) is 22.7. The first-order chi connectivity index (χ1) is 10.1. The third-order valence-corrected chi connectivity index (χ3v) is 3.61. The quantitative estimate of drug-likeness (QED) is 0.779. The molecule has 1 aromatic carbocycles. The van der Waals surface area contributed by atoms with Crippen LogP contribution in [0, 0.1) is 5.82 Å². The van der Waals surface area contributed by atoms with Crippen molar-refractivity contribution in [1.82, 2.24) is 5.32 Å². The van der Waals surface area contributed by atoms with Crippen molar-refractivity contribution < 1.29 is 19.1 Å². The van der Waals surface area contributed by atoms with Gasteiger partial charge in [-0.25, -0.2) is 9.18 Å². The molecule has 6 heteroatoms. The van der Waals surface area contributed by atoms with Gasteiger partial charge in [0.15, 0.2) is 0 Å². The number of benzene rings is 1. The van der Waals surface area contributed by atoms with Crippen molar-refractivity contribution in [3.63, 3.8) is 0 Å². The summed E-state index contributed by atoms with van der Waals surface area (Å²) in [5.41, 5.74) is -0.142. The molecular formula is C15H19FN2O3. The molecule has 1 heterocycles. The lowest BCUT2D eigenvalue weighted by Gasteiger charge is -2.23. The number of nitrogens with one attached hydrogen (secondary N) is 2. The average Bonchev–Trinajstić information content (AvgIpc) is 2.48. The summed E-state index contributed by atoms with van der Waals surface area (Å²) in [7, 11) is 0. The number of amides is 1. The fourth-order valence-electron chi connectivity index (χ4n) is 2.47. The topological polar surface area (TPSA) is 78.4 Å². The summed E-state index contributed by atoms with van der Waals surface area (Å²) in [6.07, 6.45) is 4.54. The molecule has 1 fully saturated rings. The molecule has 1 aromatic rings. The summed E-state index contributed by atoms with van der Waals surface area (Å²) in [6.45, 7) is 0.992. The van der Waals surface area contributed by atoms with Gasteiger partial charge < -0.3 is 15.7 Å². The smallest absolute Gasteiger partial charge is 0.338 e. The monoisotopic (exact) mass is 294 g/mol. The van der Waals surface area contributed by atoms with E-state index in [0.29, 0.717) is 18.2 Å². The highest BCUT2D eigenvalue weighted by molar-refractivity contribution is 5.94. The fourth-order valence-corrected chi connectivity index (χ4v) is 2.47. The Bertz CT molecular complexity index is 528. The molecule has 0 aliphatic carbocycles. The Balaban J connectivity index is 1.87. The number of carboxylic acids is 1. The lowest BCUT2D eigenvalue weighted by molar-refractivity contribution is -0.116. The van der Waals surface area contributed by atoms with Gasteiger partial charge in [-0.15, -0.1) is 0 Å². The van der Waals surface area contributed by atoms with E-state index in [1.165, 1.54) is 18.9 Å². The normalized spacial score (nSPS) is 18.2. The number of halogens is 1. The molecule has 114 valence electrons. The van der Waals surface area contributed by atoms with Crippen molar-refractivity contribution in [1.29, 1.82) is 0 Å². The minimum absolute atomic E-state index is 0.190. The molecule has 0 aromatic heterocycles. The van der Waals surface area contributed by atoms with E-state index < -0.39 is 17.3 Å². The Morgan fingerprint density at radius 3 is 2.86 bits per heavy atom. The van der Waals surface area contributed by atoms with Gasteiger partial charge in [-0.05, 0) is 44.0 Å². The first-order valence-corrected chi connectivity index (χ1v) is 7.12. The lowest BCUT2D eigenvalue weighted by Crippen LogP contribution is -2.34. The zero-order valence-corrected chi connectivity index (χ0v) is 11.7. The fraction of sp³-hybridized carbons (Fsp3) is 0.467. The zero-order valence-electron chi connectivity index (χ0n) is 11.7. The minimum atomic E-state index is -1.35. The van der Waals surface area contributed by atoms with Crippen LogP contribution < -0.4 is 10.6 Å². The number of anilines is 1. The van der Waals surface area contributed by atoms with Gasteiger partial charge in [-0.1, -0.05) is 6.42 Å². The first-order valence-electron chi connectivity index (χ1n) is 7.12. The van der Waals surface area contributed by atoms with Crippen molar-refractivity contribution in [3.8, 4) is 0 Å². The molecule has 0 radical (unpaired) electrons. The molecule has 21 heavy (non-hydrogen) atoms. The van der Waals surface area contributed by atoms with Gasteiger partial charge >= 0.3 is 5.97 Å². The average molecular weight is 294 g/mol. The van der Waals surface area contributed by atoms with Crippen molar-refractivity contribution in [2.75, 3.05) is 11.9 Å². The highest BCUT2D eigenvalue weighted by Crippen LogP contribution is 2.16. The second kappa shape index (κ2) is 7.17. The van der Waals surface area contributed by atoms with E-state index in [1.54, 1.807) is 0 Å². The molecule has 1 saturated heterocycles. The third kappa shape index (κ3) is 4.53. The Morgan fingerprint density at radius 2 is 2.19 bits per heavy atom. The molecule has 1 unspecified atom stereocenters. The van der Waals surface area contributed by atoms with E-state index in [-0.39, 0.29) is 5.91 Å². The van der Waals surface area contributed by atoms with E-state index in [1.807, 2.05) is 0 Å². The lowest BCUT2D eigenvalue weighted by atomic mass is 10.0. The van der Waals surface area contributed by atoms with Gasteiger partial charge in [0.2, 0.25) is 5.91 Å². The summed E-state index contributed by atoms with van der Waals surface area (Å²) in [5.74, 6) is -2.35. The van der Waals surface area contributed by atoms with Crippen LogP contribution in [0.5, 0.6) is 0 Å². The Kier molecular flexibility index (Phi) is 5.27. The van der Waals surface area contributed by atoms with Gasteiger partial charge in [0.1, 0.15) is 5.82 Å². The van der Waals surface area contributed by atoms with E-state index >= 15 is 0 Å². The van der Waals surface area contributed by atoms with Crippen LogP contribution in [-0.2, 0) is 4.79 Å². The number of piperidine rings is 1. The molecule has 1 aliphatic heterocycles. The van der Waals surface area contributed by atoms with Crippen LogP contribution in [0.2, 0.25) is 0 Å². The van der Waals surface area contributed by atoms with Crippen molar-refractivity contribution in [2.24, 2.45) is 0 Å². The summed E-state index contributed by atoms with van der Waals surface area (Å²) in [6, 6.07) is 3.90. The van der Waals surface area contributed by atoms with Crippen molar-refractivity contribution >= 4 is 17.6 Å². The maximum Gasteiger partial charge on any atom is 0.338 e. The van der Waals surface area contributed by atoms with Crippen LogP contribution in [0.3, 0.4) is 0 Å². The van der Waals surface area contributed by atoms with Crippen molar-refractivity contribution in [2.45, 2.75) is 38.1 Å². The predicted molar refractivity (Wildman–Crippen MR) is 76.9 cm³/mol. The first kappa shape index (κ1) is 15.4. The second-order valence-corrected chi connectivity index (χ2v) is 5.23. The molecule has 0 saturated carbocycles. The van der Waals surface area contributed by atoms with Gasteiger partial charge in [0.05, 0.1) is 5.56 Å². The van der Waals surface area contributed by atoms with Crippen LogP contribution in [0.15, 0.2) is 18.2 Å². The molecule has 2 rings (SSSR count). The molecule has 1 amide bonds. The Labute approximate surface area is 122 Å². The van der Waals surface area contributed by atoms with Crippen LogP contribution in [0.4, 0.5) is 10.1 Å². The number of carbonyl (C=O) groups is 2. The largest absolute Gasteiger partial charge is 0.478 e. The Morgan fingerprint density at radius 1 is 1.38 bits per heavy atom. The van der Waals surface area contributed by atoms with Crippen LogP contribution in [0.1, 0.15) is 42.5 Å². The number of carboxylic acid groups (broad SMARTS) is 1. The molecule has 0 bridgehead atoms. The molecule has 1 atom stereocenters. The van der Waals surface area contributed by atoms with E-state index in [0.717, 1.165) is 31.5 Å². The summed E-state index contributed by atoms with van der Waals surface area (Å²) < 4.78 is 13.2. The van der Waals surface area contributed by atoms with Gasteiger partial charge in [0, 0.05) is 18.2 Å². The molecule has 3 N–H and O–H groups in total. The second-order valence-electron chi connectivity index (χ2n) is 5.23. The van der Waals surface area contributed by atoms with E-state index in [4.69, 9.17) is 5.11 Å². The molecule has 1 aliphatic rings.